The molecule has 1 aromatic heterocycles. The highest BCUT2D eigenvalue weighted by Gasteiger charge is 2.25. The van der Waals surface area contributed by atoms with Crippen LogP contribution in [0.3, 0.4) is 0 Å². The zero-order valence-electron chi connectivity index (χ0n) is 9.58. The molecule has 0 saturated heterocycles. The second-order valence-electron chi connectivity index (χ2n) is 4.33. The van der Waals surface area contributed by atoms with Crippen molar-refractivity contribution < 1.29 is 13.5 Å². The summed E-state index contributed by atoms with van der Waals surface area (Å²) in [6, 6.07) is -0.241. The van der Waals surface area contributed by atoms with Crippen LogP contribution in [-0.2, 0) is 10.0 Å². The Morgan fingerprint density at radius 3 is 2.61 bits per heavy atom. The molecule has 0 bridgehead atoms. The number of rotatable bonds is 3. The van der Waals surface area contributed by atoms with E-state index < -0.39 is 16.1 Å². The van der Waals surface area contributed by atoms with Gasteiger partial charge in [0.1, 0.15) is 4.90 Å². The molecule has 2 N–H and O–H groups in total. The van der Waals surface area contributed by atoms with Crippen molar-refractivity contribution in [1.29, 1.82) is 0 Å². The maximum atomic E-state index is 12.0. The lowest BCUT2D eigenvalue weighted by molar-refractivity contribution is 0.117. The Hall–Kier alpha value is -0.760. The molecule has 2 unspecified atom stereocenters. The summed E-state index contributed by atoms with van der Waals surface area (Å²) in [5.74, 6) is 0. The zero-order valence-corrected chi connectivity index (χ0v) is 11.2. The lowest BCUT2D eigenvalue weighted by atomic mass is 9.94. The van der Waals surface area contributed by atoms with E-state index in [1.54, 1.807) is 0 Å². The number of halogens is 1. The number of hydrogen-bond acceptors (Lipinski definition) is 5. The average molecular weight is 292 g/mol. The van der Waals surface area contributed by atoms with Crippen LogP contribution in [0.5, 0.6) is 0 Å². The number of aliphatic hydroxyl groups excluding tert-OH is 1. The molecule has 1 aromatic rings. The van der Waals surface area contributed by atoms with Crippen molar-refractivity contribution >= 4 is 21.6 Å². The molecule has 1 aliphatic rings. The number of aliphatic hydroxyl groups is 1. The van der Waals surface area contributed by atoms with Gasteiger partial charge in [0.2, 0.25) is 15.3 Å². The maximum absolute atomic E-state index is 12.0. The molecule has 6 nitrogen and oxygen atoms in total. The Morgan fingerprint density at radius 1 is 1.33 bits per heavy atom. The normalized spacial score (nSPS) is 25.0. The highest BCUT2D eigenvalue weighted by Crippen LogP contribution is 2.20. The van der Waals surface area contributed by atoms with E-state index in [1.165, 1.54) is 0 Å². The van der Waals surface area contributed by atoms with Crippen LogP contribution in [-0.4, -0.2) is 35.6 Å². The zero-order chi connectivity index (χ0) is 13.2. The first kappa shape index (κ1) is 13.7. The molecule has 2 rings (SSSR count). The highest BCUT2D eigenvalue weighted by atomic mass is 35.5. The molecule has 0 spiro atoms. The lowest BCUT2D eigenvalue weighted by Gasteiger charge is -2.26. The van der Waals surface area contributed by atoms with E-state index in [1.807, 2.05) is 0 Å². The Balaban J connectivity index is 2.09. The number of hydrogen-bond donors (Lipinski definition) is 2. The molecule has 2 atom stereocenters. The molecule has 0 radical (unpaired) electrons. The van der Waals surface area contributed by atoms with Crippen molar-refractivity contribution in [3.05, 3.63) is 17.7 Å². The molecule has 100 valence electrons. The summed E-state index contributed by atoms with van der Waals surface area (Å²) in [5, 5.41) is 9.51. The van der Waals surface area contributed by atoms with Gasteiger partial charge in [-0.25, -0.2) is 23.1 Å². The van der Waals surface area contributed by atoms with Crippen LogP contribution in [0.15, 0.2) is 17.3 Å². The SMILES string of the molecule is O=S(=O)(NC1CCCC(O)C1)c1cnc(Cl)nc1. The molecule has 1 saturated carbocycles. The summed E-state index contributed by atoms with van der Waals surface area (Å²) in [6.45, 7) is 0. The van der Waals surface area contributed by atoms with Gasteiger partial charge in [-0.2, -0.15) is 0 Å². The van der Waals surface area contributed by atoms with E-state index >= 15 is 0 Å². The van der Waals surface area contributed by atoms with Gasteiger partial charge in [-0.15, -0.1) is 0 Å². The summed E-state index contributed by atoms with van der Waals surface area (Å²) in [5.41, 5.74) is 0. The fourth-order valence-electron chi connectivity index (χ4n) is 2.00. The number of sulfonamides is 1. The van der Waals surface area contributed by atoms with Crippen LogP contribution < -0.4 is 4.72 Å². The topological polar surface area (TPSA) is 92.2 Å². The fraction of sp³-hybridized carbons (Fsp3) is 0.600. The molecule has 0 aliphatic heterocycles. The fourth-order valence-corrected chi connectivity index (χ4v) is 3.27. The van der Waals surface area contributed by atoms with Gasteiger partial charge in [0.05, 0.1) is 18.5 Å². The Labute approximate surface area is 110 Å². The third kappa shape index (κ3) is 3.38. The summed E-state index contributed by atoms with van der Waals surface area (Å²) in [6.07, 6.45) is 4.59. The molecule has 0 amide bonds. The molecule has 1 fully saturated rings. The van der Waals surface area contributed by atoms with Crippen LogP contribution in [0.1, 0.15) is 25.7 Å². The molecule has 8 heteroatoms. The monoisotopic (exact) mass is 291 g/mol. The first-order valence-electron chi connectivity index (χ1n) is 5.65. The quantitative estimate of drug-likeness (QED) is 0.800. The summed E-state index contributed by atoms with van der Waals surface area (Å²) in [7, 11) is -3.64. The molecule has 18 heavy (non-hydrogen) atoms. The highest BCUT2D eigenvalue weighted by molar-refractivity contribution is 7.89. The summed E-state index contributed by atoms with van der Waals surface area (Å²) < 4.78 is 26.6. The maximum Gasteiger partial charge on any atom is 0.243 e. The van der Waals surface area contributed by atoms with Crippen LogP contribution in [0.4, 0.5) is 0 Å². The second-order valence-corrected chi connectivity index (χ2v) is 6.38. The minimum atomic E-state index is -3.64. The Morgan fingerprint density at radius 2 is 2.00 bits per heavy atom. The largest absolute Gasteiger partial charge is 0.393 e. The molecule has 1 heterocycles. The van der Waals surface area contributed by atoms with Gasteiger partial charge in [-0.1, -0.05) is 0 Å². The van der Waals surface area contributed by atoms with Crippen LogP contribution >= 0.6 is 11.6 Å². The van der Waals surface area contributed by atoms with Crippen LogP contribution in [0.25, 0.3) is 0 Å². The predicted octanol–water partition coefficient (Wildman–Crippen LogP) is 0.712. The van der Waals surface area contributed by atoms with Gasteiger partial charge in [0.25, 0.3) is 0 Å². The lowest BCUT2D eigenvalue weighted by Crippen LogP contribution is -2.39. The number of nitrogens with one attached hydrogen (secondary N) is 1. The van der Waals surface area contributed by atoms with E-state index in [-0.39, 0.29) is 16.2 Å². The van der Waals surface area contributed by atoms with Crippen molar-refractivity contribution in [2.45, 2.75) is 42.7 Å². The summed E-state index contributed by atoms with van der Waals surface area (Å²) in [4.78, 5) is 7.26. The summed E-state index contributed by atoms with van der Waals surface area (Å²) >= 11 is 5.50. The Kier molecular flexibility index (Phi) is 4.16. The second kappa shape index (κ2) is 5.48. The van der Waals surface area contributed by atoms with E-state index in [0.29, 0.717) is 6.42 Å². The smallest absolute Gasteiger partial charge is 0.243 e. The van der Waals surface area contributed by atoms with Crippen molar-refractivity contribution in [3.8, 4) is 0 Å². The van der Waals surface area contributed by atoms with Crippen molar-refractivity contribution in [2.24, 2.45) is 0 Å². The van der Waals surface area contributed by atoms with Crippen LogP contribution in [0.2, 0.25) is 5.28 Å². The molecule has 1 aliphatic carbocycles. The third-order valence-corrected chi connectivity index (χ3v) is 4.55. The Bertz CT molecular complexity index is 506. The van der Waals surface area contributed by atoms with Gasteiger partial charge in [-0.3, -0.25) is 0 Å². The van der Waals surface area contributed by atoms with Gasteiger partial charge in [-0.05, 0) is 37.3 Å². The van der Waals surface area contributed by atoms with Crippen LogP contribution in [0, 0.1) is 0 Å². The predicted molar refractivity (Wildman–Crippen MR) is 65.6 cm³/mol. The first-order chi connectivity index (χ1) is 8.47. The first-order valence-corrected chi connectivity index (χ1v) is 7.51. The van der Waals surface area contributed by atoms with Gasteiger partial charge in [0, 0.05) is 6.04 Å². The molecule has 0 aromatic carbocycles. The van der Waals surface area contributed by atoms with Gasteiger partial charge in [0.15, 0.2) is 0 Å². The molecular weight excluding hydrogens is 278 g/mol. The standard InChI is InChI=1S/C10H14ClN3O3S/c11-10-12-5-9(6-13-10)18(16,17)14-7-2-1-3-8(15)4-7/h5-8,14-15H,1-4H2. The third-order valence-electron chi connectivity index (χ3n) is 2.88. The number of aromatic nitrogens is 2. The van der Waals surface area contributed by atoms with E-state index in [9.17, 15) is 13.5 Å². The molecular formula is C10H14ClN3O3S. The van der Waals surface area contributed by atoms with E-state index in [2.05, 4.69) is 14.7 Å². The van der Waals surface area contributed by atoms with E-state index in [0.717, 1.165) is 31.7 Å². The average Bonchev–Trinajstić information content (AvgIpc) is 2.29. The van der Waals surface area contributed by atoms with E-state index in [4.69, 9.17) is 11.6 Å². The van der Waals surface area contributed by atoms with Crippen molar-refractivity contribution in [2.75, 3.05) is 0 Å². The van der Waals surface area contributed by atoms with Crippen molar-refractivity contribution in [1.82, 2.24) is 14.7 Å². The minimum absolute atomic E-state index is 0.00189. The number of nitrogens with zero attached hydrogens (tertiary/aromatic N) is 2. The van der Waals surface area contributed by atoms with Gasteiger partial charge >= 0.3 is 0 Å². The van der Waals surface area contributed by atoms with Crippen molar-refractivity contribution in [3.63, 3.8) is 0 Å². The minimum Gasteiger partial charge on any atom is -0.393 e. The van der Waals surface area contributed by atoms with Gasteiger partial charge < -0.3 is 5.11 Å².